The van der Waals surface area contributed by atoms with Gasteiger partial charge in [-0.15, -0.1) is 0 Å². The van der Waals surface area contributed by atoms with Crippen molar-refractivity contribution in [2.45, 2.75) is 5.37 Å². The highest BCUT2D eigenvalue weighted by Gasteiger charge is 2.38. The summed E-state index contributed by atoms with van der Waals surface area (Å²) in [5, 5.41) is -0.681. The highest BCUT2D eigenvalue weighted by molar-refractivity contribution is 7.86. The molecular formula is C6H12N2O3S. The topological polar surface area (TPSA) is 60.9 Å². The summed E-state index contributed by atoms with van der Waals surface area (Å²) in [4.78, 5) is 3.90. The predicted octanol–water partition coefficient (Wildman–Crippen LogP) is -1.17. The van der Waals surface area contributed by atoms with Crippen LogP contribution in [0, 0.1) is 0 Å². The van der Waals surface area contributed by atoms with Gasteiger partial charge >= 0.3 is 0 Å². The minimum atomic E-state index is -3.87. The van der Waals surface area contributed by atoms with E-state index in [0.29, 0.717) is 6.54 Å². The van der Waals surface area contributed by atoms with E-state index >= 15 is 0 Å². The van der Waals surface area contributed by atoms with Crippen LogP contribution >= 0.6 is 0 Å². The van der Waals surface area contributed by atoms with Crippen molar-refractivity contribution in [1.82, 2.24) is 9.80 Å². The Morgan fingerprint density at radius 3 is 2.00 bits per heavy atom. The summed E-state index contributed by atoms with van der Waals surface area (Å²) in [6, 6.07) is 0. The van der Waals surface area contributed by atoms with Crippen LogP contribution in [0.3, 0.4) is 0 Å². The van der Waals surface area contributed by atoms with Crippen molar-refractivity contribution in [1.29, 1.82) is 0 Å². The average molecular weight is 192 g/mol. The Morgan fingerprint density at radius 1 is 1.17 bits per heavy atom. The zero-order valence-electron chi connectivity index (χ0n) is 6.68. The van der Waals surface area contributed by atoms with Crippen molar-refractivity contribution < 1.29 is 13.0 Å². The van der Waals surface area contributed by atoms with Crippen LogP contribution in [0.4, 0.5) is 0 Å². The van der Waals surface area contributed by atoms with Gasteiger partial charge in [0.25, 0.3) is 10.1 Å². The van der Waals surface area contributed by atoms with Gasteiger partial charge in [-0.2, -0.15) is 8.42 Å². The molecule has 5 nitrogen and oxygen atoms in total. The van der Waals surface area contributed by atoms with Crippen LogP contribution in [-0.4, -0.2) is 60.9 Å². The Labute approximate surface area is 71.7 Å². The Hall–Kier alpha value is -0.170. The number of fused-ring (bicyclic) bond motifs is 3. The van der Waals surface area contributed by atoms with Gasteiger partial charge in [-0.25, -0.2) is 0 Å². The second kappa shape index (κ2) is 2.66. The molecule has 1 N–H and O–H groups in total. The molecule has 0 aliphatic carbocycles. The van der Waals surface area contributed by atoms with Gasteiger partial charge in [0.1, 0.15) is 0 Å². The van der Waals surface area contributed by atoms with E-state index in [9.17, 15) is 8.42 Å². The smallest absolute Gasteiger partial charge is 0.282 e. The second-order valence-corrected chi connectivity index (χ2v) is 4.88. The molecule has 0 aromatic heterocycles. The van der Waals surface area contributed by atoms with Gasteiger partial charge in [-0.3, -0.25) is 14.4 Å². The molecule has 2 bridgehead atoms. The Kier molecular flexibility index (Phi) is 1.87. The van der Waals surface area contributed by atoms with E-state index in [1.807, 2.05) is 4.90 Å². The molecule has 0 spiro atoms. The first-order valence-electron chi connectivity index (χ1n) is 4.00. The van der Waals surface area contributed by atoms with E-state index < -0.39 is 15.5 Å². The average Bonchev–Trinajstić information content (AvgIpc) is 2.05. The highest BCUT2D eigenvalue weighted by Crippen LogP contribution is 2.18. The highest BCUT2D eigenvalue weighted by atomic mass is 32.2. The molecule has 3 aliphatic rings. The number of hydrogen-bond acceptors (Lipinski definition) is 4. The normalized spacial score (nSPS) is 41.6. The van der Waals surface area contributed by atoms with Crippen LogP contribution in [0.1, 0.15) is 0 Å². The molecule has 3 saturated heterocycles. The molecule has 3 heterocycles. The third-order valence-corrected chi connectivity index (χ3v) is 3.71. The molecule has 3 aliphatic heterocycles. The molecule has 3 fully saturated rings. The van der Waals surface area contributed by atoms with Crippen LogP contribution in [0.2, 0.25) is 0 Å². The first-order valence-corrected chi connectivity index (χ1v) is 5.50. The molecule has 0 radical (unpaired) electrons. The molecule has 1 unspecified atom stereocenters. The van der Waals surface area contributed by atoms with E-state index in [-0.39, 0.29) is 0 Å². The number of hydrogen-bond donors (Lipinski definition) is 1. The van der Waals surface area contributed by atoms with Gasteiger partial charge < -0.3 is 0 Å². The third-order valence-electron chi connectivity index (χ3n) is 2.57. The van der Waals surface area contributed by atoms with Crippen molar-refractivity contribution in [2.75, 3.05) is 32.7 Å². The zero-order valence-corrected chi connectivity index (χ0v) is 7.50. The van der Waals surface area contributed by atoms with Crippen LogP contribution in [-0.2, 0) is 10.1 Å². The summed E-state index contributed by atoms with van der Waals surface area (Å²) in [5.41, 5.74) is 0. The Morgan fingerprint density at radius 2 is 1.75 bits per heavy atom. The number of rotatable bonds is 1. The van der Waals surface area contributed by atoms with E-state index in [1.54, 1.807) is 0 Å². The molecular weight excluding hydrogens is 180 g/mol. The van der Waals surface area contributed by atoms with E-state index in [1.165, 1.54) is 0 Å². The van der Waals surface area contributed by atoms with Crippen molar-refractivity contribution in [3.05, 3.63) is 0 Å². The summed E-state index contributed by atoms with van der Waals surface area (Å²) in [6.07, 6.45) is 0. The van der Waals surface area contributed by atoms with Gasteiger partial charge in [0, 0.05) is 32.7 Å². The summed E-state index contributed by atoms with van der Waals surface area (Å²) >= 11 is 0. The van der Waals surface area contributed by atoms with Gasteiger partial charge in [-0.05, 0) is 0 Å². The fourth-order valence-corrected chi connectivity index (χ4v) is 2.84. The zero-order chi connectivity index (χ0) is 8.77. The number of piperazine rings is 3. The van der Waals surface area contributed by atoms with E-state index in [2.05, 4.69) is 4.90 Å². The minimum absolute atomic E-state index is 0.457. The van der Waals surface area contributed by atoms with Gasteiger partial charge in [0.05, 0.1) is 0 Å². The lowest BCUT2D eigenvalue weighted by Gasteiger charge is -2.45. The molecule has 12 heavy (non-hydrogen) atoms. The molecule has 0 amide bonds. The maximum absolute atomic E-state index is 10.9. The monoisotopic (exact) mass is 192 g/mol. The lowest BCUT2D eigenvalue weighted by molar-refractivity contribution is 0.0426. The predicted molar refractivity (Wildman–Crippen MR) is 43.3 cm³/mol. The van der Waals surface area contributed by atoms with Gasteiger partial charge in [0.15, 0.2) is 5.37 Å². The lowest BCUT2D eigenvalue weighted by atomic mass is 10.2. The molecule has 6 heteroatoms. The van der Waals surface area contributed by atoms with Crippen LogP contribution in [0.25, 0.3) is 0 Å². The molecule has 70 valence electrons. The quantitative estimate of drug-likeness (QED) is 0.531. The Balaban J connectivity index is 2.20. The standard InChI is InChI=1S/C6H12N2O3S/c9-12(10,11)6-5-7-1-3-8(6)4-2-7/h6H,1-5H2,(H,9,10,11). The lowest BCUT2D eigenvalue weighted by Crippen LogP contribution is -2.63. The second-order valence-electron chi connectivity index (χ2n) is 3.31. The molecule has 3 rings (SSSR count). The minimum Gasteiger partial charge on any atom is -0.298 e. The molecule has 0 aromatic carbocycles. The molecule has 1 atom stereocenters. The van der Waals surface area contributed by atoms with E-state index in [0.717, 1.165) is 26.2 Å². The molecule has 0 aromatic rings. The number of nitrogens with zero attached hydrogens (tertiary/aromatic N) is 2. The van der Waals surface area contributed by atoms with Gasteiger partial charge in [0.2, 0.25) is 0 Å². The Bertz CT molecular complexity index is 269. The van der Waals surface area contributed by atoms with Crippen LogP contribution in [0.15, 0.2) is 0 Å². The summed E-state index contributed by atoms with van der Waals surface area (Å²) in [6.45, 7) is 3.81. The van der Waals surface area contributed by atoms with Crippen molar-refractivity contribution in [2.24, 2.45) is 0 Å². The van der Waals surface area contributed by atoms with Crippen molar-refractivity contribution in [3.8, 4) is 0 Å². The first kappa shape index (κ1) is 8.43. The molecule has 0 saturated carbocycles. The summed E-state index contributed by atoms with van der Waals surface area (Å²) < 4.78 is 30.6. The fourth-order valence-electron chi connectivity index (χ4n) is 1.85. The third kappa shape index (κ3) is 1.35. The van der Waals surface area contributed by atoms with Crippen LogP contribution in [0.5, 0.6) is 0 Å². The van der Waals surface area contributed by atoms with E-state index in [4.69, 9.17) is 4.55 Å². The first-order chi connectivity index (χ1) is 5.57. The maximum Gasteiger partial charge on any atom is 0.282 e. The summed E-state index contributed by atoms with van der Waals surface area (Å²) in [7, 11) is -3.87. The summed E-state index contributed by atoms with van der Waals surface area (Å²) in [5.74, 6) is 0. The van der Waals surface area contributed by atoms with Crippen LogP contribution < -0.4 is 0 Å². The SMILES string of the molecule is O=S(=O)(O)C1CN2CCN1CC2. The van der Waals surface area contributed by atoms with Gasteiger partial charge in [-0.1, -0.05) is 0 Å². The van der Waals surface area contributed by atoms with Crippen molar-refractivity contribution in [3.63, 3.8) is 0 Å². The van der Waals surface area contributed by atoms with Crippen molar-refractivity contribution >= 4 is 10.1 Å². The fraction of sp³-hybridized carbons (Fsp3) is 1.00. The maximum atomic E-state index is 10.9. The largest absolute Gasteiger partial charge is 0.298 e.